The summed E-state index contributed by atoms with van der Waals surface area (Å²) in [4.78, 5) is 21.9. The molecule has 118 valence electrons. The van der Waals surface area contributed by atoms with E-state index >= 15 is 0 Å². The zero-order chi connectivity index (χ0) is 15.7. The maximum atomic E-state index is 11.0. The van der Waals surface area contributed by atoms with Crippen LogP contribution in [0.4, 0.5) is 0 Å². The molecule has 7 nitrogen and oxygen atoms in total. The summed E-state index contributed by atoms with van der Waals surface area (Å²) < 4.78 is 26.0. The Morgan fingerprint density at radius 2 is 1.45 bits per heavy atom. The van der Waals surface area contributed by atoms with Crippen LogP contribution < -0.4 is 0 Å². The molecule has 0 amide bonds. The van der Waals surface area contributed by atoms with Gasteiger partial charge in [0.2, 0.25) is 0 Å². The Morgan fingerprint density at radius 1 is 0.900 bits per heavy atom. The highest BCUT2D eigenvalue weighted by molar-refractivity contribution is 5.66. The lowest BCUT2D eigenvalue weighted by Crippen LogP contribution is -2.49. The molecule has 0 aromatic rings. The largest absolute Gasteiger partial charge is 0.463 e. The van der Waals surface area contributed by atoms with Gasteiger partial charge in [0, 0.05) is 35.2 Å². The first-order chi connectivity index (χ1) is 9.37. The Labute approximate surface area is 119 Å². The minimum Gasteiger partial charge on any atom is -0.463 e. The van der Waals surface area contributed by atoms with Gasteiger partial charge in [-0.25, -0.2) is 0 Å². The first-order valence-electron chi connectivity index (χ1n) is 6.26. The fourth-order valence-corrected chi connectivity index (χ4v) is 1.92. The van der Waals surface area contributed by atoms with Crippen LogP contribution in [0.25, 0.3) is 0 Å². The SMILES string of the molecule is CO[C@H]([C@H](OC)[C@H](COC(C)=O)OC)[C@@H](C)OC(C)=O. The zero-order valence-corrected chi connectivity index (χ0v) is 12.9. The molecule has 0 rings (SSSR count). The van der Waals surface area contributed by atoms with Crippen LogP contribution in [0, 0.1) is 0 Å². The van der Waals surface area contributed by atoms with Crippen LogP contribution in [0.15, 0.2) is 0 Å². The van der Waals surface area contributed by atoms with Gasteiger partial charge in [0.1, 0.15) is 31.0 Å². The molecule has 0 aliphatic carbocycles. The normalized spacial score (nSPS) is 16.9. The third-order valence-corrected chi connectivity index (χ3v) is 2.80. The average molecular weight is 292 g/mol. The van der Waals surface area contributed by atoms with Gasteiger partial charge in [0.15, 0.2) is 0 Å². The minimum atomic E-state index is -0.557. The van der Waals surface area contributed by atoms with E-state index in [1.165, 1.54) is 35.2 Å². The second kappa shape index (κ2) is 9.68. The second-order valence-corrected chi connectivity index (χ2v) is 4.29. The predicted octanol–water partition coefficient (Wildman–Crippen LogP) is 0.546. The Kier molecular flexibility index (Phi) is 9.11. The molecule has 0 N–H and O–H groups in total. The van der Waals surface area contributed by atoms with E-state index in [0.29, 0.717) is 0 Å². The Hall–Kier alpha value is -1.18. The summed E-state index contributed by atoms with van der Waals surface area (Å²) in [5.41, 5.74) is 0. The van der Waals surface area contributed by atoms with Crippen molar-refractivity contribution in [3.05, 3.63) is 0 Å². The van der Waals surface area contributed by atoms with E-state index in [2.05, 4.69) is 0 Å². The van der Waals surface area contributed by atoms with Crippen molar-refractivity contribution < 1.29 is 33.3 Å². The summed E-state index contributed by atoms with van der Waals surface area (Å²) in [7, 11) is 4.44. The van der Waals surface area contributed by atoms with E-state index in [1.54, 1.807) is 6.92 Å². The lowest BCUT2D eigenvalue weighted by atomic mass is 10.0. The third-order valence-electron chi connectivity index (χ3n) is 2.80. The molecule has 0 fully saturated rings. The van der Waals surface area contributed by atoms with Gasteiger partial charge >= 0.3 is 11.9 Å². The van der Waals surface area contributed by atoms with Crippen molar-refractivity contribution in [1.82, 2.24) is 0 Å². The van der Waals surface area contributed by atoms with E-state index in [9.17, 15) is 9.59 Å². The highest BCUT2D eigenvalue weighted by Crippen LogP contribution is 2.17. The molecule has 0 aliphatic heterocycles. The molecule has 0 aliphatic rings. The van der Waals surface area contributed by atoms with Crippen molar-refractivity contribution in [1.29, 1.82) is 0 Å². The predicted molar refractivity (Wildman–Crippen MR) is 70.3 cm³/mol. The second-order valence-electron chi connectivity index (χ2n) is 4.29. The first-order valence-corrected chi connectivity index (χ1v) is 6.26. The lowest BCUT2D eigenvalue weighted by molar-refractivity contribution is -0.176. The smallest absolute Gasteiger partial charge is 0.302 e. The molecular weight excluding hydrogens is 268 g/mol. The minimum absolute atomic E-state index is 0.0248. The maximum absolute atomic E-state index is 11.0. The molecule has 0 bridgehead atoms. The van der Waals surface area contributed by atoms with Crippen molar-refractivity contribution in [2.45, 2.75) is 45.2 Å². The fourth-order valence-electron chi connectivity index (χ4n) is 1.92. The van der Waals surface area contributed by atoms with Crippen LogP contribution in [0.1, 0.15) is 20.8 Å². The van der Waals surface area contributed by atoms with E-state index in [1.807, 2.05) is 0 Å². The fraction of sp³-hybridized carbons (Fsp3) is 0.846. The van der Waals surface area contributed by atoms with Gasteiger partial charge in [-0.1, -0.05) is 0 Å². The zero-order valence-electron chi connectivity index (χ0n) is 12.9. The van der Waals surface area contributed by atoms with Crippen LogP contribution in [0.2, 0.25) is 0 Å². The molecule has 4 atom stereocenters. The van der Waals surface area contributed by atoms with Gasteiger partial charge in [-0.05, 0) is 6.92 Å². The quantitative estimate of drug-likeness (QED) is 0.574. The van der Waals surface area contributed by atoms with Gasteiger partial charge in [0.25, 0.3) is 0 Å². The van der Waals surface area contributed by atoms with Gasteiger partial charge in [-0.15, -0.1) is 0 Å². The molecule has 0 unspecified atom stereocenters. The third kappa shape index (κ3) is 6.31. The summed E-state index contributed by atoms with van der Waals surface area (Å²) in [5, 5.41) is 0. The highest BCUT2D eigenvalue weighted by atomic mass is 16.6. The molecule has 0 spiro atoms. The van der Waals surface area contributed by atoms with E-state index in [0.717, 1.165) is 0 Å². The molecule has 0 saturated heterocycles. The summed E-state index contributed by atoms with van der Waals surface area (Å²) in [5.74, 6) is -0.827. The van der Waals surface area contributed by atoms with Gasteiger partial charge in [-0.3, -0.25) is 9.59 Å². The Bertz CT molecular complexity index is 305. The molecule has 0 saturated carbocycles. The van der Waals surface area contributed by atoms with Crippen molar-refractivity contribution in [2.75, 3.05) is 27.9 Å². The number of rotatable bonds is 9. The molecule has 0 aromatic heterocycles. The molecular formula is C13H24O7. The number of carbonyl (C=O) groups excluding carboxylic acids is 2. The summed E-state index contributed by atoms with van der Waals surface area (Å²) in [6, 6.07) is 0. The molecule has 0 aromatic carbocycles. The standard InChI is InChI=1S/C13H24O7/c1-8(20-10(3)15)12(17-5)13(18-6)11(16-4)7-19-9(2)14/h8,11-13H,7H2,1-6H3/t8-,11+,12+,13-/m1/s1. The van der Waals surface area contributed by atoms with Crippen LogP contribution in [-0.2, 0) is 33.3 Å². The molecule has 7 heteroatoms. The van der Waals surface area contributed by atoms with Crippen molar-refractivity contribution in [3.8, 4) is 0 Å². The van der Waals surface area contributed by atoms with E-state index in [-0.39, 0.29) is 6.61 Å². The Balaban J connectivity index is 4.86. The van der Waals surface area contributed by atoms with Crippen molar-refractivity contribution >= 4 is 11.9 Å². The van der Waals surface area contributed by atoms with Crippen molar-refractivity contribution in [2.24, 2.45) is 0 Å². The van der Waals surface area contributed by atoms with Crippen LogP contribution in [0.3, 0.4) is 0 Å². The summed E-state index contributed by atoms with van der Waals surface area (Å²) in [6.45, 7) is 4.35. The van der Waals surface area contributed by atoms with Crippen LogP contribution in [-0.4, -0.2) is 64.3 Å². The molecule has 0 heterocycles. The first kappa shape index (κ1) is 18.8. The van der Waals surface area contributed by atoms with Gasteiger partial charge in [0.05, 0.1) is 0 Å². The maximum Gasteiger partial charge on any atom is 0.302 e. The van der Waals surface area contributed by atoms with Crippen LogP contribution in [0.5, 0.6) is 0 Å². The Morgan fingerprint density at radius 3 is 1.80 bits per heavy atom. The topological polar surface area (TPSA) is 80.3 Å². The highest BCUT2D eigenvalue weighted by Gasteiger charge is 2.36. The van der Waals surface area contributed by atoms with E-state index in [4.69, 9.17) is 23.7 Å². The molecule has 0 radical (unpaired) electrons. The number of hydrogen-bond donors (Lipinski definition) is 0. The molecule has 20 heavy (non-hydrogen) atoms. The average Bonchev–Trinajstić information content (AvgIpc) is 2.36. The van der Waals surface area contributed by atoms with Crippen molar-refractivity contribution in [3.63, 3.8) is 0 Å². The monoisotopic (exact) mass is 292 g/mol. The van der Waals surface area contributed by atoms with Gasteiger partial charge < -0.3 is 23.7 Å². The number of esters is 2. The summed E-state index contributed by atoms with van der Waals surface area (Å²) >= 11 is 0. The summed E-state index contributed by atoms with van der Waals surface area (Å²) in [6.07, 6.45) is -2.17. The van der Waals surface area contributed by atoms with Crippen LogP contribution >= 0.6 is 0 Å². The number of carbonyl (C=O) groups is 2. The number of hydrogen-bond acceptors (Lipinski definition) is 7. The van der Waals surface area contributed by atoms with E-state index < -0.39 is 36.4 Å². The number of ether oxygens (including phenoxy) is 5. The lowest BCUT2D eigenvalue weighted by Gasteiger charge is -2.33. The number of methoxy groups -OCH3 is 3. The van der Waals surface area contributed by atoms with Gasteiger partial charge in [-0.2, -0.15) is 0 Å².